The zero-order valence-corrected chi connectivity index (χ0v) is 9.94. The van der Waals surface area contributed by atoms with Crippen molar-refractivity contribution < 1.29 is 4.79 Å². The third-order valence-electron chi connectivity index (χ3n) is 1.55. The molecule has 78 valence electrons. The van der Waals surface area contributed by atoms with Crippen molar-refractivity contribution in [2.24, 2.45) is 0 Å². The molecule has 0 saturated carbocycles. The van der Waals surface area contributed by atoms with E-state index in [1.807, 2.05) is 45.2 Å². The number of anilines is 1. The predicted octanol–water partition coefficient (Wildman–Crippen LogP) is 3.52. The van der Waals surface area contributed by atoms with Crippen LogP contribution < -0.4 is 4.72 Å². The SMILES string of the molecule is CC.CSNc1ccc(C)cc1C=O. The van der Waals surface area contributed by atoms with E-state index >= 15 is 0 Å². The van der Waals surface area contributed by atoms with Gasteiger partial charge in [0, 0.05) is 11.8 Å². The fourth-order valence-corrected chi connectivity index (χ4v) is 1.39. The zero-order valence-electron chi connectivity index (χ0n) is 9.13. The summed E-state index contributed by atoms with van der Waals surface area (Å²) in [6.45, 7) is 5.97. The highest BCUT2D eigenvalue weighted by atomic mass is 32.2. The van der Waals surface area contributed by atoms with Crippen LogP contribution >= 0.6 is 11.9 Å². The molecule has 0 saturated heterocycles. The first-order valence-electron chi connectivity index (χ1n) is 4.62. The number of benzene rings is 1. The molecule has 0 atom stereocenters. The summed E-state index contributed by atoms with van der Waals surface area (Å²) in [4.78, 5) is 10.6. The first-order valence-corrected chi connectivity index (χ1v) is 5.85. The van der Waals surface area contributed by atoms with Crippen LogP contribution in [0.2, 0.25) is 0 Å². The molecule has 0 radical (unpaired) electrons. The second-order valence-electron chi connectivity index (χ2n) is 2.51. The Morgan fingerprint density at radius 2 is 2.00 bits per heavy atom. The molecule has 0 unspecified atom stereocenters. The monoisotopic (exact) mass is 211 g/mol. The van der Waals surface area contributed by atoms with Crippen LogP contribution in [0.15, 0.2) is 18.2 Å². The molecule has 0 heterocycles. The molecule has 1 N–H and O–H groups in total. The summed E-state index contributed by atoms with van der Waals surface area (Å²) < 4.78 is 3.04. The Morgan fingerprint density at radius 1 is 1.36 bits per heavy atom. The first-order chi connectivity index (χ1) is 6.77. The molecule has 1 rings (SSSR count). The van der Waals surface area contributed by atoms with Crippen LogP contribution in [-0.2, 0) is 0 Å². The molecule has 0 aromatic heterocycles. The maximum Gasteiger partial charge on any atom is 0.152 e. The van der Waals surface area contributed by atoms with Gasteiger partial charge in [0.15, 0.2) is 6.29 Å². The van der Waals surface area contributed by atoms with Crippen LogP contribution in [0.3, 0.4) is 0 Å². The topological polar surface area (TPSA) is 29.1 Å². The smallest absolute Gasteiger partial charge is 0.152 e. The van der Waals surface area contributed by atoms with E-state index in [0.29, 0.717) is 5.56 Å². The van der Waals surface area contributed by atoms with Gasteiger partial charge in [-0.15, -0.1) is 0 Å². The van der Waals surface area contributed by atoms with Crippen LogP contribution in [0.1, 0.15) is 29.8 Å². The third-order valence-corrected chi connectivity index (χ3v) is 1.97. The van der Waals surface area contributed by atoms with Gasteiger partial charge in [0.1, 0.15) is 0 Å². The highest BCUT2D eigenvalue weighted by Gasteiger charge is 1.99. The van der Waals surface area contributed by atoms with Crippen molar-refractivity contribution in [2.45, 2.75) is 20.8 Å². The van der Waals surface area contributed by atoms with Crippen LogP contribution in [-0.4, -0.2) is 12.5 Å². The molecule has 0 fully saturated rings. The van der Waals surface area contributed by atoms with E-state index in [0.717, 1.165) is 17.5 Å². The fourth-order valence-electron chi connectivity index (χ4n) is 0.983. The van der Waals surface area contributed by atoms with Gasteiger partial charge in [-0.05, 0) is 19.1 Å². The van der Waals surface area contributed by atoms with Crippen molar-refractivity contribution >= 4 is 23.9 Å². The largest absolute Gasteiger partial charge is 0.329 e. The van der Waals surface area contributed by atoms with E-state index in [9.17, 15) is 4.79 Å². The molecular formula is C11H17NOS. The van der Waals surface area contributed by atoms with Gasteiger partial charge in [-0.25, -0.2) is 0 Å². The molecule has 2 nitrogen and oxygen atoms in total. The van der Waals surface area contributed by atoms with Gasteiger partial charge in [0.25, 0.3) is 0 Å². The van der Waals surface area contributed by atoms with Crippen LogP contribution in [0.4, 0.5) is 5.69 Å². The number of aldehydes is 1. The molecular weight excluding hydrogens is 194 g/mol. The number of nitrogens with one attached hydrogen (secondary N) is 1. The van der Waals surface area contributed by atoms with E-state index in [2.05, 4.69) is 4.72 Å². The summed E-state index contributed by atoms with van der Waals surface area (Å²) in [7, 11) is 0. The van der Waals surface area contributed by atoms with Gasteiger partial charge >= 0.3 is 0 Å². The van der Waals surface area contributed by atoms with Crippen molar-refractivity contribution in [3.05, 3.63) is 29.3 Å². The third kappa shape index (κ3) is 3.83. The maximum atomic E-state index is 10.6. The van der Waals surface area contributed by atoms with Crippen molar-refractivity contribution in [1.82, 2.24) is 0 Å². The molecule has 3 heteroatoms. The van der Waals surface area contributed by atoms with Gasteiger partial charge in [-0.1, -0.05) is 37.4 Å². The number of hydrogen-bond donors (Lipinski definition) is 1. The lowest BCUT2D eigenvalue weighted by molar-refractivity contribution is 0.112. The molecule has 0 aliphatic heterocycles. The standard InChI is InChI=1S/C9H11NOS.C2H6/c1-7-3-4-9(10-12-2)8(5-7)6-11;1-2/h3-6,10H,1-2H3;1-2H3. The summed E-state index contributed by atoms with van der Waals surface area (Å²) in [5.74, 6) is 0. The minimum Gasteiger partial charge on any atom is -0.329 e. The maximum absolute atomic E-state index is 10.6. The molecule has 0 aliphatic carbocycles. The van der Waals surface area contributed by atoms with E-state index < -0.39 is 0 Å². The molecule has 14 heavy (non-hydrogen) atoms. The summed E-state index contributed by atoms with van der Waals surface area (Å²) in [5.41, 5.74) is 2.69. The highest BCUT2D eigenvalue weighted by Crippen LogP contribution is 2.17. The van der Waals surface area contributed by atoms with Gasteiger partial charge in [0.05, 0.1) is 5.69 Å². The van der Waals surface area contributed by atoms with Crippen LogP contribution in [0.25, 0.3) is 0 Å². The van der Waals surface area contributed by atoms with Gasteiger partial charge in [-0.2, -0.15) is 0 Å². The average Bonchev–Trinajstić information content (AvgIpc) is 2.24. The molecule has 0 bridgehead atoms. The van der Waals surface area contributed by atoms with Gasteiger partial charge in [-0.3, -0.25) is 4.79 Å². The van der Waals surface area contributed by atoms with E-state index in [4.69, 9.17) is 0 Å². The summed E-state index contributed by atoms with van der Waals surface area (Å²) in [6.07, 6.45) is 2.79. The Kier molecular flexibility index (Phi) is 6.93. The van der Waals surface area contributed by atoms with Crippen LogP contribution in [0.5, 0.6) is 0 Å². The minimum atomic E-state index is 0.712. The Morgan fingerprint density at radius 3 is 2.50 bits per heavy atom. The molecule has 0 amide bonds. The molecule has 0 spiro atoms. The molecule has 0 aliphatic rings. The number of hydrogen-bond acceptors (Lipinski definition) is 3. The fraction of sp³-hybridized carbons (Fsp3) is 0.364. The predicted molar refractivity (Wildman–Crippen MR) is 65.1 cm³/mol. The zero-order chi connectivity index (χ0) is 11.0. The van der Waals surface area contributed by atoms with E-state index in [-0.39, 0.29) is 0 Å². The van der Waals surface area contributed by atoms with Crippen molar-refractivity contribution in [2.75, 3.05) is 11.0 Å². The Balaban J connectivity index is 0.000000791. The lowest BCUT2D eigenvalue weighted by atomic mass is 10.1. The second kappa shape index (κ2) is 7.44. The normalized spacial score (nSPS) is 8.57. The Hall–Kier alpha value is -0.960. The van der Waals surface area contributed by atoms with Gasteiger partial charge in [0.2, 0.25) is 0 Å². The Bertz CT molecular complexity index is 287. The minimum absolute atomic E-state index is 0.712. The number of carbonyl (C=O) groups excluding carboxylic acids is 1. The number of carbonyl (C=O) groups is 1. The van der Waals surface area contributed by atoms with E-state index in [1.54, 1.807) is 0 Å². The molecule has 1 aromatic carbocycles. The number of rotatable bonds is 3. The van der Waals surface area contributed by atoms with Crippen molar-refractivity contribution in [1.29, 1.82) is 0 Å². The summed E-state index contributed by atoms with van der Waals surface area (Å²) >= 11 is 1.48. The van der Waals surface area contributed by atoms with Gasteiger partial charge < -0.3 is 4.72 Å². The summed E-state index contributed by atoms with van der Waals surface area (Å²) in [6, 6.07) is 5.76. The summed E-state index contributed by atoms with van der Waals surface area (Å²) in [5, 5.41) is 0. The van der Waals surface area contributed by atoms with Crippen molar-refractivity contribution in [3.8, 4) is 0 Å². The second-order valence-corrected chi connectivity index (χ2v) is 3.13. The Labute approximate surface area is 90.2 Å². The van der Waals surface area contributed by atoms with Crippen LogP contribution in [0, 0.1) is 6.92 Å². The quantitative estimate of drug-likeness (QED) is 0.612. The highest BCUT2D eigenvalue weighted by molar-refractivity contribution is 7.99. The lowest BCUT2D eigenvalue weighted by Gasteiger charge is -2.05. The number of aryl methyl sites for hydroxylation is 1. The van der Waals surface area contributed by atoms with Crippen molar-refractivity contribution in [3.63, 3.8) is 0 Å². The lowest BCUT2D eigenvalue weighted by Crippen LogP contribution is -1.92. The molecule has 1 aromatic rings. The first kappa shape index (κ1) is 13.0. The van der Waals surface area contributed by atoms with E-state index in [1.165, 1.54) is 11.9 Å². The average molecular weight is 211 g/mol.